The lowest BCUT2D eigenvalue weighted by Gasteiger charge is -2.10. The Bertz CT molecular complexity index is 546. The van der Waals surface area contributed by atoms with Gasteiger partial charge in [-0.15, -0.1) is 0 Å². The molecule has 100 valence electrons. The molecular weight excluding hydrogens is 238 g/mol. The smallest absolute Gasteiger partial charge is 0.243 e. The maximum Gasteiger partial charge on any atom is 0.243 e. The average molecular weight is 257 g/mol. The van der Waals surface area contributed by atoms with Crippen LogP contribution in [0, 0.1) is 0 Å². The van der Waals surface area contributed by atoms with Crippen LogP contribution in [0.25, 0.3) is 0 Å². The van der Waals surface area contributed by atoms with E-state index in [1.54, 1.807) is 0 Å². The molecule has 1 aromatic carbocycles. The molecule has 0 saturated heterocycles. The highest BCUT2D eigenvalue weighted by atomic mass is 16.5. The summed E-state index contributed by atoms with van der Waals surface area (Å²) in [6.45, 7) is 2.10. The SMILES string of the molecule is CCCC(N)c1nc(C2(c3ccccc3)CC2)no1. The van der Waals surface area contributed by atoms with Crippen molar-refractivity contribution in [3.63, 3.8) is 0 Å². The second kappa shape index (κ2) is 4.78. The third kappa shape index (κ3) is 2.16. The van der Waals surface area contributed by atoms with Crippen LogP contribution < -0.4 is 5.73 Å². The molecule has 1 aliphatic carbocycles. The summed E-state index contributed by atoms with van der Waals surface area (Å²) in [7, 11) is 0. The summed E-state index contributed by atoms with van der Waals surface area (Å²) in [5, 5.41) is 4.16. The Balaban J connectivity index is 1.87. The molecule has 0 radical (unpaired) electrons. The van der Waals surface area contributed by atoms with E-state index in [2.05, 4.69) is 41.3 Å². The summed E-state index contributed by atoms with van der Waals surface area (Å²) in [6.07, 6.45) is 4.06. The lowest BCUT2D eigenvalue weighted by atomic mass is 9.95. The van der Waals surface area contributed by atoms with E-state index in [9.17, 15) is 0 Å². The van der Waals surface area contributed by atoms with Crippen molar-refractivity contribution in [3.8, 4) is 0 Å². The van der Waals surface area contributed by atoms with Crippen LogP contribution in [0.5, 0.6) is 0 Å². The molecule has 3 rings (SSSR count). The van der Waals surface area contributed by atoms with Crippen LogP contribution >= 0.6 is 0 Å². The highest BCUT2D eigenvalue weighted by molar-refractivity contribution is 5.38. The normalized spacial score (nSPS) is 18.2. The Labute approximate surface area is 113 Å². The number of rotatable bonds is 5. The van der Waals surface area contributed by atoms with Gasteiger partial charge in [0, 0.05) is 0 Å². The average Bonchev–Trinajstić information content (AvgIpc) is 3.10. The van der Waals surface area contributed by atoms with Crippen molar-refractivity contribution in [2.45, 2.75) is 44.1 Å². The molecule has 19 heavy (non-hydrogen) atoms. The second-order valence-electron chi connectivity index (χ2n) is 5.30. The molecule has 0 bridgehead atoms. The lowest BCUT2D eigenvalue weighted by molar-refractivity contribution is 0.342. The van der Waals surface area contributed by atoms with Gasteiger partial charge in [-0.05, 0) is 24.8 Å². The van der Waals surface area contributed by atoms with Crippen molar-refractivity contribution in [3.05, 3.63) is 47.6 Å². The van der Waals surface area contributed by atoms with Crippen LogP contribution in [-0.4, -0.2) is 10.1 Å². The van der Waals surface area contributed by atoms with Gasteiger partial charge in [0.1, 0.15) is 0 Å². The van der Waals surface area contributed by atoms with Crippen molar-refractivity contribution in [1.29, 1.82) is 0 Å². The Morgan fingerprint density at radius 1 is 1.32 bits per heavy atom. The van der Waals surface area contributed by atoms with Crippen LogP contribution in [0.2, 0.25) is 0 Å². The van der Waals surface area contributed by atoms with Gasteiger partial charge in [0.15, 0.2) is 5.82 Å². The van der Waals surface area contributed by atoms with E-state index in [0.717, 1.165) is 31.5 Å². The number of aromatic nitrogens is 2. The number of hydrogen-bond acceptors (Lipinski definition) is 4. The highest BCUT2D eigenvalue weighted by Crippen LogP contribution is 2.52. The summed E-state index contributed by atoms with van der Waals surface area (Å²) >= 11 is 0. The van der Waals surface area contributed by atoms with Crippen LogP contribution in [0.3, 0.4) is 0 Å². The fraction of sp³-hybridized carbons (Fsp3) is 0.467. The maximum atomic E-state index is 6.02. The quantitative estimate of drug-likeness (QED) is 0.894. The predicted octanol–water partition coefficient (Wildman–Crippen LogP) is 2.95. The van der Waals surface area contributed by atoms with Gasteiger partial charge in [0.25, 0.3) is 0 Å². The Morgan fingerprint density at radius 2 is 2.05 bits per heavy atom. The third-order valence-electron chi connectivity index (χ3n) is 3.86. The molecule has 1 aliphatic rings. The maximum absolute atomic E-state index is 6.02. The second-order valence-corrected chi connectivity index (χ2v) is 5.30. The zero-order valence-electron chi connectivity index (χ0n) is 11.2. The van der Waals surface area contributed by atoms with Crippen molar-refractivity contribution in [2.24, 2.45) is 5.73 Å². The van der Waals surface area contributed by atoms with Crippen molar-refractivity contribution < 1.29 is 4.52 Å². The minimum Gasteiger partial charge on any atom is -0.338 e. The molecule has 0 amide bonds. The molecule has 0 spiro atoms. The van der Waals surface area contributed by atoms with Crippen molar-refractivity contribution >= 4 is 0 Å². The highest BCUT2D eigenvalue weighted by Gasteiger charge is 2.50. The first-order chi connectivity index (χ1) is 9.26. The minimum atomic E-state index is -0.141. The number of hydrogen-bond donors (Lipinski definition) is 1. The number of nitrogens with zero attached hydrogens (tertiary/aromatic N) is 2. The largest absolute Gasteiger partial charge is 0.338 e. The van der Waals surface area contributed by atoms with E-state index in [1.165, 1.54) is 5.56 Å². The molecule has 1 heterocycles. The van der Waals surface area contributed by atoms with Crippen molar-refractivity contribution in [1.82, 2.24) is 10.1 Å². The first-order valence-corrected chi connectivity index (χ1v) is 6.91. The van der Waals surface area contributed by atoms with Gasteiger partial charge >= 0.3 is 0 Å². The predicted molar refractivity (Wildman–Crippen MR) is 72.6 cm³/mol. The minimum absolute atomic E-state index is 0.0328. The van der Waals surface area contributed by atoms with E-state index in [1.807, 2.05) is 6.07 Å². The summed E-state index contributed by atoms with van der Waals surface area (Å²) in [6, 6.07) is 10.3. The van der Waals surface area contributed by atoms with E-state index < -0.39 is 0 Å². The Hall–Kier alpha value is -1.68. The molecule has 4 heteroatoms. The molecule has 0 aliphatic heterocycles. The van der Waals surface area contributed by atoms with Crippen LogP contribution in [0.15, 0.2) is 34.9 Å². The molecule has 1 fully saturated rings. The molecule has 1 atom stereocenters. The molecule has 1 saturated carbocycles. The molecule has 4 nitrogen and oxygen atoms in total. The molecule has 2 N–H and O–H groups in total. The molecule has 1 unspecified atom stereocenters. The fourth-order valence-corrected chi connectivity index (χ4v) is 2.54. The lowest BCUT2D eigenvalue weighted by Crippen LogP contribution is -2.13. The zero-order chi connectivity index (χ0) is 13.3. The first-order valence-electron chi connectivity index (χ1n) is 6.91. The van der Waals surface area contributed by atoms with Crippen LogP contribution in [0.4, 0.5) is 0 Å². The molecule has 1 aromatic heterocycles. The number of benzene rings is 1. The van der Waals surface area contributed by atoms with E-state index in [-0.39, 0.29) is 11.5 Å². The summed E-state index contributed by atoms with van der Waals surface area (Å²) in [5.74, 6) is 1.36. The molecular formula is C15H19N3O. The van der Waals surface area contributed by atoms with Crippen LogP contribution in [0.1, 0.15) is 55.9 Å². The van der Waals surface area contributed by atoms with Gasteiger partial charge in [0.2, 0.25) is 5.89 Å². The van der Waals surface area contributed by atoms with Crippen molar-refractivity contribution in [2.75, 3.05) is 0 Å². The topological polar surface area (TPSA) is 64.9 Å². The van der Waals surface area contributed by atoms with Gasteiger partial charge in [-0.1, -0.05) is 48.8 Å². The van der Waals surface area contributed by atoms with E-state index in [4.69, 9.17) is 10.3 Å². The Kier molecular flexibility index (Phi) is 3.11. The first kappa shape index (κ1) is 12.4. The summed E-state index contributed by atoms with van der Waals surface area (Å²) < 4.78 is 5.34. The van der Waals surface area contributed by atoms with Gasteiger partial charge < -0.3 is 10.3 Å². The van der Waals surface area contributed by atoms with Gasteiger partial charge in [-0.3, -0.25) is 0 Å². The zero-order valence-corrected chi connectivity index (χ0v) is 11.2. The summed E-state index contributed by atoms with van der Waals surface area (Å²) in [4.78, 5) is 4.54. The number of nitrogens with two attached hydrogens (primary N) is 1. The van der Waals surface area contributed by atoms with E-state index in [0.29, 0.717) is 5.89 Å². The van der Waals surface area contributed by atoms with Gasteiger partial charge in [-0.25, -0.2) is 0 Å². The van der Waals surface area contributed by atoms with E-state index >= 15 is 0 Å². The fourth-order valence-electron chi connectivity index (χ4n) is 2.54. The van der Waals surface area contributed by atoms with Gasteiger partial charge in [-0.2, -0.15) is 4.98 Å². The monoisotopic (exact) mass is 257 g/mol. The van der Waals surface area contributed by atoms with Gasteiger partial charge in [0.05, 0.1) is 11.5 Å². The summed E-state index contributed by atoms with van der Waals surface area (Å²) in [5.41, 5.74) is 7.26. The molecule has 2 aromatic rings. The standard InChI is InChI=1S/C15H19N3O/c1-2-6-12(16)13-17-14(18-19-13)15(9-10-15)11-7-4-3-5-8-11/h3-5,7-8,12H,2,6,9-10,16H2,1H3. The Morgan fingerprint density at radius 3 is 2.68 bits per heavy atom. The van der Waals surface area contributed by atoms with Crippen LogP contribution in [-0.2, 0) is 5.41 Å². The third-order valence-corrected chi connectivity index (χ3v) is 3.86.